The summed E-state index contributed by atoms with van der Waals surface area (Å²) in [4.78, 5) is 22.8. The molecule has 5 heteroatoms. The van der Waals surface area contributed by atoms with Crippen LogP contribution in [0.25, 0.3) is 0 Å². The fourth-order valence-electron chi connectivity index (χ4n) is 1.59. The first-order valence-corrected chi connectivity index (χ1v) is 5.59. The highest BCUT2D eigenvalue weighted by Gasteiger charge is 2.42. The summed E-state index contributed by atoms with van der Waals surface area (Å²) in [5.74, 6) is -1.66. The number of allylic oxidation sites excluding steroid dienone is 1. The van der Waals surface area contributed by atoms with Crippen LogP contribution < -0.4 is 0 Å². The highest BCUT2D eigenvalue weighted by atomic mass is 16.7. The molecule has 1 rings (SSSR count). The summed E-state index contributed by atoms with van der Waals surface area (Å²) in [7, 11) is 1.30. The lowest BCUT2D eigenvalue weighted by molar-refractivity contribution is -0.181. The quantitative estimate of drug-likeness (QED) is 0.441. The SMILES string of the molecule is COC(=O)/C(C)=C(\C)OC1(C)OC(=O)C(C)=C1C.[2HH]. The Balaban J connectivity index is 0.00000324. The van der Waals surface area contributed by atoms with Gasteiger partial charge in [-0.05, 0) is 27.7 Å². The van der Waals surface area contributed by atoms with Crippen LogP contribution in [0, 0.1) is 0 Å². The van der Waals surface area contributed by atoms with Crippen molar-refractivity contribution in [2.45, 2.75) is 40.4 Å². The topological polar surface area (TPSA) is 61.8 Å². The second kappa shape index (κ2) is 4.84. The molecular formula is C13H20O5. The first kappa shape index (κ1) is 14.3. The lowest BCUT2D eigenvalue weighted by atomic mass is 10.1. The summed E-state index contributed by atoms with van der Waals surface area (Å²) in [5, 5.41) is 0. The molecule has 1 aliphatic rings. The second-order valence-electron chi connectivity index (χ2n) is 4.36. The van der Waals surface area contributed by atoms with E-state index >= 15 is 0 Å². The predicted molar refractivity (Wildman–Crippen MR) is 66.5 cm³/mol. The summed E-state index contributed by atoms with van der Waals surface area (Å²) in [6, 6.07) is 0. The van der Waals surface area contributed by atoms with E-state index in [9.17, 15) is 9.59 Å². The lowest BCUT2D eigenvalue weighted by Gasteiger charge is -2.27. The fourth-order valence-corrected chi connectivity index (χ4v) is 1.59. The van der Waals surface area contributed by atoms with Crippen molar-refractivity contribution in [1.29, 1.82) is 0 Å². The van der Waals surface area contributed by atoms with E-state index in [1.807, 2.05) is 0 Å². The molecule has 102 valence electrons. The van der Waals surface area contributed by atoms with E-state index in [0.29, 0.717) is 22.5 Å². The molecule has 1 atom stereocenters. The lowest BCUT2D eigenvalue weighted by Crippen LogP contribution is -2.31. The molecule has 0 aromatic heterocycles. The number of carbonyl (C=O) groups excluding carboxylic acids is 2. The standard InChI is InChI=1S/C13H18O5.H2/c1-7-9(3)13(5,18-12(7)15)17-10(4)8(2)11(14)16-6;/h1-6H3;1H/b10-8+;/i;1+1. The molecule has 1 aliphatic heterocycles. The van der Waals surface area contributed by atoms with Gasteiger partial charge in [0.25, 0.3) is 5.79 Å². The van der Waals surface area contributed by atoms with E-state index in [1.165, 1.54) is 7.11 Å². The monoisotopic (exact) mass is 257 g/mol. The maximum absolute atomic E-state index is 11.5. The Bertz CT molecular complexity index is 464. The molecule has 0 aromatic carbocycles. The molecule has 0 spiro atoms. The molecule has 0 aliphatic carbocycles. The Morgan fingerprint density at radius 1 is 1.33 bits per heavy atom. The summed E-state index contributed by atoms with van der Waals surface area (Å²) >= 11 is 0. The average Bonchev–Trinajstić information content (AvgIpc) is 2.51. The third-order valence-corrected chi connectivity index (χ3v) is 3.20. The molecule has 1 unspecified atom stereocenters. The van der Waals surface area contributed by atoms with Gasteiger partial charge < -0.3 is 14.2 Å². The predicted octanol–water partition coefficient (Wildman–Crippen LogP) is 2.33. The van der Waals surface area contributed by atoms with Crippen LogP contribution in [0.1, 0.15) is 36.0 Å². The van der Waals surface area contributed by atoms with Crippen LogP contribution in [0.15, 0.2) is 22.5 Å². The van der Waals surface area contributed by atoms with Gasteiger partial charge in [-0.3, -0.25) is 0 Å². The first-order chi connectivity index (χ1) is 8.23. The van der Waals surface area contributed by atoms with Gasteiger partial charge in [-0.25, -0.2) is 9.59 Å². The van der Waals surface area contributed by atoms with Crippen LogP contribution in [0.4, 0.5) is 0 Å². The van der Waals surface area contributed by atoms with Crippen LogP contribution in [-0.2, 0) is 23.8 Å². The highest BCUT2D eigenvalue weighted by molar-refractivity contribution is 5.92. The van der Waals surface area contributed by atoms with Crippen molar-refractivity contribution in [1.82, 2.24) is 0 Å². The van der Waals surface area contributed by atoms with Gasteiger partial charge in [0.1, 0.15) is 5.76 Å². The molecule has 0 fully saturated rings. The van der Waals surface area contributed by atoms with E-state index < -0.39 is 17.7 Å². The Kier molecular flexibility index (Phi) is 3.84. The number of carbonyl (C=O) groups is 2. The van der Waals surface area contributed by atoms with Gasteiger partial charge >= 0.3 is 11.9 Å². The molecule has 0 bridgehead atoms. The Hall–Kier alpha value is -1.78. The molecule has 0 amide bonds. The zero-order valence-electron chi connectivity index (χ0n) is 11.5. The zero-order valence-corrected chi connectivity index (χ0v) is 11.5. The van der Waals surface area contributed by atoms with Crippen LogP contribution >= 0.6 is 0 Å². The first-order valence-electron chi connectivity index (χ1n) is 5.59. The van der Waals surface area contributed by atoms with Gasteiger partial charge in [-0.2, -0.15) is 0 Å². The van der Waals surface area contributed by atoms with Crippen molar-refractivity contribution in [3.05, 3.63) is 22.5 Å². The van der Waals surface area contributed by atoms with Crippen molar-refractivity contribution in [3.63, 3.8) is 0 Å². The molecule has 0 saturated heterocycles. The average molecular weight is 257 g/mol. The van der Waals surface area contributed by atoms with E-state index in [1.54, 1.807) is 34.6 Å². The largest absolute Gasteiger partial charge is 0.466 e. The molecule has 0 N–H and O–H groups in total. The van der Waals surface area contributed by atoms with Gasteiger partial charge in [0, 0.05) is 19.5 Å². The summed E-state index contributed by atoms with van der Waals surface area (Å²) < 4.78 is 15.4. The third-order valence-electron chi connectivity index (χ3n) is 3.20. The van der Waals surface area contributed by atoms with Crippen molar-refractivity contribution < 1.29 is 25.2 Å². The van der Waals surface area contributed by atoms with Gasteiger partial charge in [0.05, 0.1) is 12.7 Å². The molecule has 1 heterocycles. The normalized spacial score (nSPS) is 24.7. The molecule has 0 saturated carbocycles. The van der Waals surface area contributed by atoms with Gasteiger partial charge in [-0.15, -0.1) is 0 Å². The van der Waals surface area contributed by atoms with Crippen molar-refractivity contribution in [2.75, 3.05) is 7.11 Å². The van der Waals surface area contributed by atoms with Crippen LogP contribution in [0.3, 0.4) is 0 Å². The summed E-state index contributed by atoms with van der Waals surface area (Å²) in [6.45, 7) is 8.31. The maximum Gasteiger partial charge on any atom is 0.337 e. The highest BCUT2D eigenvalue weighted by Crippen LogP contribution is 2.35. The number of cyclic esters (lactones) is 1. The molecular weight excluding hydrogens is 236 g/mol. The number of hydrogen-bond donors (Lipinski definition) is 0. The van der Waals surface area contributed by atoms with E-state index in [0.717, 1.165) is 0 Å². The molecule has 5 nitrogen and oxygen atoms in total. The second-order valence-corrected chi connectivity index (χ2v) is 4.36. The van der Waals surface area contributed by atoms with Crippen molar-refractivity contribution >= 4 is 11.9 Å². The minimum absolute atomic E-state index is 0. The van der Waals surface area contributed by atoms with Crippen molar-refractivity contribution in [2.24, 2.45) is 0 Å². The summed E-state index contributed by atoms with van der Waals surface area (Å²) in [6.07, 6.45) is 0. The third kappa shape index (κ3) is 2.39. The Labute approximate surface area is 108 Å². The van der Waals surface area contributed by atoms with E-state index in [2.05, 4.69) is 4.74 Å². The molecule has 18 heavy (non-hydrogen) atoms. The van der Waals surface area contributed by atoms with E-state index in [-0.39, 0.29) is 1.43 Å². The minimum atomic E-state index is -1.15. The number of methoxy groups -OCH3 is 1. The number of hydrogen-bond acceptors (Lipinski definition) is 5. The van der Waals surface area contributed by atoms with Crippen LogP contribution in [-0.4, -0.2) is 24.8 Å². The number of ether oxygens (including phenoxy) is 3. The van der Waals surface area contributed by atoms with Gasteiger partial charge in [-0.1, -0.05) is 0 Å². The van der Waals surface area contributed by atoms with Gasteiger partial charge in [0.2, 0.25) is 0 Å². The van der Waals surface area contributed by atoms with Gasteiger partial charge in [0.15, 0.2) is 0 Å². The molecule has 0 radical (unpaired) electrons. The molecule has 0 aromatic rings. The summed E-state index contributed by atoms with van der Waals surface area (Å²) in [5.41, 5.74) is 1.57. The number of rotatable bonds is 3. The van der Waals surface area contributed by atoms with E-state index in [4.69, 9.17) is 9.47 Å². The fraction of sp³-hybridized carbons (Fsp3) is 0.538. The minimum Gasteiger partial charge on any atom is -0.466 e. The van der Waals surface area contributed by atoms with Crippen molar-refractivity contribution in [3.8, 4) is 0 Å². The Morgan fingerprint density at radius 3 is 2.28 bits per heavy atom. The number of esters is 2. The smallest absolute Gasteiger partial charge is 0.337 e. The maximum atomic E-state index is 11.5. The van der Waals surface area contributed by atoms with Crippen LogP contribution in [0.2, 0.25) is 0 Å². The zero-order chi connectivity index (χ0) is 14.1. The van der Waals surface area contributed by atoms with Crippen LogP contribution in [0.5, 0.6) is 0 Å². The Morgan fingerprint density at radius 2 is 1.89 bits per heavy atom.